The van der Waals surface area contributed by atoms with E-state index in [1.54, 1.807) is 6.92 Å². The third-order valence-electron chi connectivity index (χ3n) is 4.14. The predicted octanol–water partition coefficient (Wildman–Crippen LogP) is 4.82. The van der Waals surface area contributed by atoms with Gasteiger partial charge in [0.1, 0.15) is 0 Å². The van der Waals surface area contributed by atoms with Crippen molar-refractivity contribution in [1.82, 2.24) is 0 Å². The van der Waals surface area contributed by atoms with Gasteiger partial charge in [-0.15, -0.1) is 0 Å². The monoisotopic (exact) mass is 323 g/mol. The SMILES string of the molecule is CCOC(=O)Nc1ccc(CCO[Si](C)(C)C(C)(C)C)cc1. The molecule has 124 valence electrons. The molecule has 0 aliphatic carbocycles. The van der Waals surface area contributed by atoms with Crippen molar-refractivity contribution in [1.29, 1.82) is 0 Å². The van der Waals surface area contributed by atoms with E-state index in [2.05, 4.69) is 39.2 Å². The molecule has 0 fully saturated rings. The average molecular weight is 324 g/mol. The largest absolute Gasteiger partial charge is 0.450 e. The molecule has 4 nitrogen and oxygen atoms in total. The maximum Gasteiger partial charge on any atom is 0.411 e. The quantitative estimate of drug-likeness (QED) is 0.764. The third kappa shape index (κ3) is 5.81. The number of anilines is 1. The van der Waals surface area contributed by atoms with Gasteiger partial charge in [0.05, 0.1) is 6.61 Å². The van der Waals surface area contributed by atoms with E-state index in [1.807, 2.05) is 24.3 Å². The number of amides is 1. The van der Waals surface area contributed by atoms with E-state index in [-0.39, 0.29) is 5.04 Å². The van der Waals surface area contributed by atoms with E-state index in [0.717, 1.165) is 18.7 Å². The highest BCUT2D eigenvalue weighted by atomic mass is 28.4. The van der Waals surface area contributed by atoms with E-state index < -0.39 is 14.4 Å². The first-order valence-electron chi connectivity index (χ1n) is 7.82. The molecule has 0 spiro atoms. The lowest BCUT2D eigenvalue weighted by Crippen LogP contribution is -2.41. The Morgan fingerprint density at radius 3 is 2.27 bits per heavy atom. The Kier molecular flexibility index (Phi) is 6.62. The molecule has 0 aromatic heterocycles. The summed E-state index contributed by atoms with van der Waals surface area (Å²) in [5, 5.41) is 2.92. The minimum atomic E-state index is -1.67. The Labute approximate surface area is 135 Å². The molecule has 1 aromatic rings. The van der Waals surface area contributed by atoms with Crippen LogP contribution in [0.15, 0.2) is 24.3 Å². The zero-order valence-corrected chi connectivity index (χ0v) is 15.7. The number of hydrogen-bond donors (Lipinski definition) is 1. The van der Waals surface area contributed by atoms with Gasteiger partial charge in [-0.1, -0.05) is 32.9 Å². The lowest BCUT2D eigenvalue weighted by Gasteiger charge is -2.36. The standard InChI is InChI=1S/C17H29NO3Si/c1-7-20-16(19)18-15-10-8-14(9-11-15)12-13-21-22(5,6)17(2,3)4/h8-11H,7,12-13H2,1-6H3,(H,18,19). The second-order valence-electron chi connectivity index (χ2n) is 6.90. The van der Waals surface area contributed by atoms with Gasteiger partial charge >= 0.3 is 6.09 Å². The molecule has 0 saturated carbocycles. The molecule has 0 heterocycles. The summed E-state index contributed by atoms with van der Waals surface area (Å²) >= 11 is 0. The molecule has 0 aliphatic rings. The number of carbonyl (C=O) groups is 1. The van der Waals surface area contributed by atoms with Crippen LogP contribution in [0.5, 0.6) is 0 Å². The zero-order chi connectivity index (χ0) is 16.8. The number of ether oxygens (including phenoxy) is 1. The van der Waals surface area contributed by atoms with Crippen LogP contribution in [0.4, 0.5) is 10.5 Å². The topological polar surface area (TPSA) is 47.6 Å². The van der Waals surface area contributed by atoms with Crippen molar-refractivity contribution in [2.75, 3.05) is 18.5 Å². The summed E-state index contributed by atoms with van der Waals surface area (Å²) in [6.45, 7) is 14.2. The van der Waals surface area contributed by atoms with Gasteiger partial charge in [0, 0.05) is 12.3 Å². The fraction of sp³-hybridized carbons (Fsp3) is 0.588. The summed E-state index contributed by atoms with van der Waals surface area (Å²) in [4.78, 5) is 11.3. The molecule has 0 bridgehead atoms. The van der Waals surface area contributed by atoms with Crippen molar-refractivity contribution in [3.05, 3.63) is 29.8 Å². The molecule has 0 aliphatic heterocycles. The van der Waals surface area contributed by atoms with E-state index in [9.17, 15) is 4.79 Å². The number of nitrogens with one attached hydrogen (secondary N) is 1. The minimum absolute atomic E-state index is 0.237. The second-order valence-corrected chi connectivity index (χ2v) is 11.7. The first-order valence-corrected chi connectivity index (χ1v) is 10.7. The van der Waals surface area contributed by atoms with E-state index in [4.69, 9.17) is 9.16 Å². The summed E-state index contributed by atoms with van der Waals surface area (Å²) in [5.74, 6) is 0. The minimum Gasteiger partial charge on any atom is -0.450 e. The number of carbonyl (C=O) groups excluding carboxylic acids is 1. The molecule has 0 atom stereocenters. The van der Waals surface area contributed by atoms with Crippen LogP contribution in [-0.2, 0) is 15.6 Å². The van der Waals surface area contributed by atoms with Crippen LogP contribution >= 0.6 is 0 Å². The maximum absolute atomic E-state index is 11.3. The van der Waals surface area contributed by atoms with Crippen molar-refractivity contribution < 1.29 is 14.0 Å². The highest BCUT2D eigenvalue weighted by Crippen LogP contribution is 2.36. The summed E-state index contributed by atoms with van der Waals surface area (Å²) in [7, 11) is -1.67. The van der Waals surface area contributed by atoms with Crippen LogP contribution in [0, 0.1) is 0 Å². The maximum atomic E-state index is 11.3. The average Bonchev–Trinajstić information content (AvgIpc) is 2.39. The number of hydrogen-bond acceptors (Lipinski definition) is 3. The molecule has 5 heteroatoms. The first-order chi connectivity index (χ1) is 10.2. The van der Waals surface area contributed by atoms with Crippen molar-refractivity contribution >= 4 is 20.1 Å². The van der Waals surface area contributed by atoms with Gasteiger partial charge < -0.3 is 9.16 Å². The summed E-state index contributed by atoms with van der Waals surface area (Å²) in [5.41, 5.74) is 1.95. The van der Waals surface area contributed by atoms with E-state index >= 15 is 0 Å². The lowest BCUT2D eigenvalue weighted by atomic mass is 10.1. The van der Waals surface area contributed by atoms with Crippen LogP contribution in [0.25, 0.3) is 0 Å². The van der Waals surface area contributed by atoms with Crippen molar-refractivity contribution in [3.8, 4) is 0 Å². The Morgan fingerprint density at radius 1 is 1.18 bits per heavy atom. The molecule has 1 N–H and O–H groups in total. The highest BCUT2D eigenvalue weighted by molar-refractivity contribution is 6.74. The zero-order valence-electron chi connectivity index (χ0n) is 14.7. The summed E-state index contributed by atoms with van der Waals surface area (Å²) in [6, 6.07) is 7.80. The van der Waals surface area contributed by atoms with Gasteiger partial charge in [-0.25, -0.2) is 4.79 Å². The normalized spacial score (nSPS) is 12.1. The van der Waals surface area contributed by atoms with Crippen molar-refractivity contribution in [2.24, 2.45) is 0 Å². The highest BCUT2D eigenvalue weighted by Gasteiger charge is 2.36. The van der Waals surface area contributed by atoms with Gasteiger partial charge in [-0.3, -0.25) is 5.32 Å². The van der Waals surface area contributed by atoms with Crippen molar-refractivity contribution in [3.63, 3.8) is 0 Å². The van der Waals surface area contributed by atoms with Crippen LogP contribution in [0.2, 0.25) is 18.1 Å². The second kappa shape index (κ2) is 7.79. The van der Waals surface area contributed by atoms with Crippen LogP contribution in [-0.4, -0.2) is 27.6 Å². The van der Waals surface area contributed by atoms with E-state index in [1.165, 1.54) is 5.56 Å². The predicted molar refractivity (Wildman–Crippen MR) is 93.9 cm³/mol. The molecular weight excluding hydrogens is 294 g/mol. The molecule has 0 unspecified atom stereocenters. The first kappa shape index (κ1) is 18.7. The lowest BCUT2D eigenvalue weighted by molar-refractivity contribution is 0.168. The smallest absolute Gasteiger partial charge is 0.411 e. The van der Waals surface area contributed by atoms with Gasteiger partial charge in [0.25, 0.3) is 0 Å². The van der Waals surface area contributed by atoms with Crippen molar-refractivity contribution in [2.45, 2.75) is 52.2 Å². The Hall–Kier alpha value is -1.33. The molecule has 0 radical (unpaired) electrons. The van der Waals surface area contributed by atoms with Gasteiger partial charge in [-0.2, -0.15) is 0 Å². The molecule has 1 amide bonds. The van der Waals surface area contributed by atoms with Crippen LogP contribution in [0.3, 0.4) is 0 Å². The van der Waals surface area contributed by atoms with E-state index in [0.29, 0.717) is 6.61 Å². The fourth-order valence-electron chi connectivity index (χ4n) is 1.68. The Morgan fingerprint density at radius 2 is 1.77 bits per heavy atom. The van der Waals surface area contributed by atoms with Gasteiger partial charge in [0.2, 0.25) is 0 Å². The molecule has 1 rings (SSSR count). The molecular formula is C17H29NO3Si. The van der Waals surface area contributed by atoms with Crippen LogP contribution in [0.1, 0.15) is 33.3 Å². The summed E-state index contributed by atoms with van der Waals surface area (Å²) < 4.78 is 11.0. The summed E-state index contributed by atoms with van der Waals surface area (Å²) in [6.07, 6.45) is 0.461. The Bertz CT molecular complexity index is 478. The number of rotatable bonds is 6. The van der Waals surface area contributed by atoms with Gasteiger partial charge in [0.15, 0.2) is 8.32 Å². The van der Waals surface area contributed by atoms with Crippen LogP contribution < -0.4 is 5.32 Å². The fourth-order valence-corrected chi connectivity index (χ4v) is 2.73. The van der Waals surface area contributed by atoms with Gasteiger partial charge in [-0.05, 0) is 49.2 Å². The molecule has 1 aromatic carbocycles. The molecule has 22 heavy (non-hydrogen) atoms. The molecule has 0 saturated heterocycles. The number of benzene rings is 1. The third-order valence-corrected chi connectivity index (χ3v) is 8.67. The Balaban J connectivity index is 2.47.